The maximum Gasteiger partial charge on any atom is 0.0705 e. The first-order valence-corrected chi connectivity index (χ1v) is 6.47. The van der Waals surface area contributed by atoms with Crippen molar-refractivity contribution in [1.82, 2.24) is 10.3 Å². The fraction of sp³-hybridized carbons (Fsp3) is 0.357. The predicted molar refractivity (Wildman–Crippen MR) is 71.2 cm³/mol. The molecular formula is C14H15ClN2. The van der Waals surface area contributed by atoms with Gasteiger partial charge in [-0.3, -0.25) is 4.98 Å². The summed E-state index contributed by atoms with van der Waals surface area (Å²) in [5, 5.41) is 5.05. The summed E-state index contributed by atoms with van der Waals surface area (Å²) in [6.45, 7) is 0.832. The highest BCUT2D eigenvalue weighted by atomic mass is 35.5. The van der Waals surface area contributed by atoms with E-state index < -0.39 is 0 Å². The number of hydrogen-bond donors (Lipinski definition) is 1. The first kappa shape index (κ1) is 11.0. The summed E-state index contributed by atoms with van der Waals surface area (Å²) in [7, 11) is 0. The van der Waals surface area contributed by atoms with E-state index in [2.05, 4.69) is 34.6 Å². The Morgan fingerprint density at radius 2 is 2.00 bits per heavy atom. The molecule has 1 aliphatic rings. The molecule has 2 aromatic rings. The van der Waals surface area contributed by atoms with Crippen LogP contribution in [0.15, 0.2) is 36.4 Å². The van der Waals surface area contributed by atoms with Gasteiger partial charge in [-0.15, -0.1) is 11.6 Å². The van der Waals surface area contributed by atoms with E-state index in [1.54, 1.807) is 0 Å². The largest absolute Gasteiger partial charge is 0.308 e. The van der Waals surface area contributed by atoms with Crippen LogP contribution in [0.5, 0.6) is 0 Å². The quantitative estimate of drug-likeness (QED) is 0.842. The lowest BCUT2D eigenvalue weighted by atomic mass is 9.92. The van der Waals surface area contributed by atoms with Crippen LogP contribution < -0.4 is 5.32 Å². The maximum absolute atomic E-state index is 5.95. The molecule has 3 heteroatoms. The van der Waals surface area contributed by atoms with Crippen LogP contribution >= 0.6 is 11.6 Å². The molecule has 1 heterocycles. The van der Waals surface area contributed by atoms with Gasteiger partial charge in [-0.05, 0) is 25.0 Å². The minimum Gasteiger partial charge on any atom is -0.308 e. The van der Waals surface area contributed by atoms with Crippen LogP contribution in [0.25, 0.3) is 10.9 Å². The molecule has 17 heavy (non-hydrogen) atoms. The predicted octanol–water partition coefficient (Wildman–Crippen LogP) is 3.09. The monoisotopic (exact) mass is 246 g/mol. The van der Waals surface area contributed by atoms with Crippen molar-refractivity contribution >= 4 is 22.5 Å². The number of pyridine rings is 1. The number of fused-ring (bicyclic) bond motifs is 1. The average molecular weight is 247 g/mol. The number of halogens is 1. The number of para-hydroxylation sites is 1. The molecule has 0 aliphatic heterocycles. The third-order valence-electron chi connectivity index (χ3n) is 3.31. The fourth-order valence-electron chi connectivity index (χ4n) is 2.17. The number of aromatic nitrogens is 1. The van der Waals surface area contributed by atoms with Gasteiger partial charge in [0.15, 0.2) is 0 Å². The van der Waals surface area contributed by atoms with Gasteiger partial charge in [-0.1, -0.05) is 24.3 Å². The van der Waals surface area contributed by atoms with Crippen LogP contribution in [0, 0.1) is 0 Å². The molecule has 1 aromatic heterocycles. The van der Waals surface area contributed by atoms with Crippen molar-refractivity contribution in [3.05, 3.63) is 42.1 Å². The first-order valence-electron chi connectivity index (χ1n) is 6.03. The van der Waals surface area contributed by atoms with Crippen molar-refractivity contribution in [3.8, 4) is 0 Å². The number of benzene rings is 1. The SMILES string of the molecule is ClC1CC(NCc2ccc3ccccc3n2)C1. The standard InChI is InChI=1S/C14H15ClN2/c15-11-7-13(8-11)16-9-12-6-5-10-3-1-2-4-14(10)17-12/h1-6,11,13,16H,7-9H2. The van der Waals surface area contributed by atoms with Gasteiger partial charge in [0, 0.05) is 23.3 Å². The molecule has 0 amide bonds. The molecule has 0 radical (unpaired) electrons. The van der Waals surface area contributed by atoms with Crippen molar-refractivity contribution in [2.24, 2.45) is 0 Å². The van der Waals surface area contributed by atoms with E-state index in [1.807, 2.05) is 12.1 Å². The summed E-state index contributed by atoms with van der Waals surface area (Å²) in [5.74, 6) is 0. The number of alkyl halides is 1. The summed E-state index contributed by atoms with van der Waals surface area (Å²) in [4.78, 5) is 4.63. The summed E-state index contributed by atoms with van der Waals surface area (Å²) in [6.07, 6.45) is 2.16. The Morgan fingerprint density at radius 1 is 1.18 bits per heavy atom. The first-order chi connectivity index (χ1) is 8.31. The van der Waals surface area contributed by atoms with Gasteiger partial charge in [0.05, 0.1) is 11.2 Å². The summed E-state index contributed by atoms with van der Waals surface area (Å²) >= 11 is 5.95. The Labute approximate surface area is 106 Å². The number of nitrogens with one attached hydrogen (secondary N) is 1. The van der Waals surface area contributed by atoms with Gasteiger partial charge in [0.1, 0.15) is 0 Å². The lowest BCUT2D eigenvalue weighted by Gasteiger charge is -2.31. The minimum atomic E-state index is 0.372. The van der Waals surface area contributed by atoms with E-state index >= 15 is 0 Å². The van der Waals surface area contributed by atoms with E-state index in [1.165, 1.54) is 5.39 Å². The third-order valence-corrected chi connectivity index (χ3v) is 3.66. The molecular weight excluding hydrogens is 232 g/mol. The molecule has 1 aliphatic carbocycles. The van der Waals surface area contributed by atoms with Gasteiger partial charge in [0.25, 0.3) is 0 Å². The third kappa shape index (κ3) is 2.43. The molecule has 88 valence electrons. The lowest BCUT2D eigenvalue weighted by molar-refractivity contribution is 0.344. The molecule has 3 rings (SSSR count). The summed E-state index contributed by atoms with van der Waals surface area (Å²) in [5.41, 5.74) is 2.16. The molecule has 0 spiro atoms. The van der Waals surface area contributed by atoms with Gasteiger partial charge in [0.2, 0.25) is 0 Å². The van der Waals surface area contributed by atoms with Gasteiger partial charge in [-0.25, -0.2) is 0 Å². The molecule has 0 unspecified atom stereocenters. The van der Waals surface area contributed by atoms with Crippen LogP contribution in [0.2, 0.25) is 0 Å². The van der Waals surface area contributed by atoms with Crippen LogP contribution in [-0.2, 0) is 6.54 Å². The summed E-state index contributed by atoms with van der Waals surface area (Å²) in [6, 6.07) is 13.0. The van der Waals surface area contributed by atoms with E-state index in [9.17, 15) is 0 Å². The van der Waals surface area contributed by atoms with E-state index in [4.69, 9.17) is 11.6 Å². The smallest absolute Gasteiger partial charge is 0.0705 e. The number of hydrogen-bond acceptors (Lipinski definition) is 2. The molecule has 1 fully saturated rings. The minimum absolute atomic E-state index is 0.372. The normalized spacial score (nSPS) is 23.6. The van der Waals surface area contributed by atoms with E-state index in [0.29, 0.717) is 11.4 Å². The Balaban J connectivity index is 1.68. The zero-order valence-electron chi connectivity index (χ0n) is 9.57. The van der Waals surface area contributed by atoms with Gasteiger partial charge < -0.3 is 5.32 Å². The van der Waals surface area contributed by atoms with Crippen LogP contribution in [-0.4, -0.2) is 16.4 Å². The number of nitrogens with zero attached hydrogens (tertiary/aromatic N) is 1. The lowest BCUT2D eigenvalue weighted by Crippen LogP contribution is -2.41. The molecule has 0 bridgehead atoms. The van der Waals surface area contributed by atoms with Crippen LogP contribution in [0.3, 0.4) is 0 Å². The maximum atomic E-state index is 5.95. The molecule has 2 nitrogen and oxygen atoms in total. The Kier molecular flexibility index (Phi) is 3.00. The highest BCUT2D eigenvalue weighted by Crippen LogP contribution is 2.25. The summed E-state index contributed by atoms with van der Waals surface area (Å²) < 4.78 is 0. The van der Waals surface area contributed by atoms with Crippen molar-refractivity contribution in [1.29, 1.82) is 0 Å². The van der Waals surface area contributed by atoms with Crippen LogP contribution in [0.4, 0.5) is 0 Å². The Bertz CT molecular complexity index is 520. The molecule has 1 aromatic carbocycles. The van der Waals surface area contributed by atoms with Gasteiger partial charge in [-0.2, -0.15) is 0 Å². The molecule has 0 atom stereocenters. The van der Waals surface area contributed by atoms with Gasteiger partial charge >= 0.3 is 0 Å². The highest BCUT2D eigenvalue weighted by molar-refractivity contribution is 6.21. The van der Waals surface area contributed by atoms with Crippen molar-refractivity contribution < 1.29 is 0 Å². The molecule has 1 N–H and O–H groups in total. The van der Waals surface area contributed by atoms with E-state index in [0.717, 1.165) is 30.6 Å². The topological polar surface area (TPSA) is 24.9 Å². The van der Waals surface area contributed by atoms with Crippen molar-refractivity contribution in [2.75, 3.05) is 0 Å². The zero-order chi connectivity index (χ0) is 11.7. The average Bonchev–Trinajstić information content (AvgIpc) is 2.33. The zero-order valence-corrected chi connectivity index (χ0v) is 10.3. The highest BCUT2D eigenvalue weighted by Gasteiger charge is 2.26. The second-order valence-corrected chi connectivity index (χ2v) is 5.26. The second kappa shape index (κ2) is 4.63. The fourth-order valence-corrected chi connectivity index (χ4v) is 2.60. The molecule has 1 saturated carbocycles. The Hall–Kier alpha value is -1.12. The second-order valence-electron chi connectivity index (χ2n) is 4.64. The molecule has 0 saturated heterocycles. The van der Waals surface area contributed by atoms with Crippen molar-refractivity contribution in [3.63, 3.8) is 0 Å². The number of rotatable bonds is 3. The Morgan fingerprint density at radius 3 is 2.82 bits per heavy atom. The van der Waals surface area contributed by atoms with E-state index in [-0.39, 0.29) is 0 Å². The van der Waals surface area contributed by atoms with Crippen molar-refractivity contribution in [2.45, 2.75) is 30.8 Å². The van der Waals surface area contributed by atoms with Crippen LogP contribution in [0.1, 0.15) is 18.5 Å².